The fraction of sp³-hybridized carbons (Fsp3) is 0.188. The molecule has 2 aromatic rings. The molecule has 0 aliphatic rings. The molecule has 104 valence electrons. The lowest BCUT2D eigenvalue weighted by Crippen LogP contribution is -2.23. The average molecular weight is 270 g/mol. The maximum Gasteiger partial charge on any atom is 0.251 e. The largest absolute Gasteiger partial charge is 0.497 e. The lowest BCUT2D eigenvalue weighted by Gasteiger charge is -2.10. The van der Waals surface area contributed by atoms with Gasteiger partial charge in [-0.3, -0.25) is 4.79 Å². The van der Waals surface area contributed by atoms with Gasteiger partial charge in [-0.25, -0.2) is 0 Å². The Balaban J connectivity index is 2.06. The van der Waals surface area contributed by atoms with Crippen LogP contribution in [0, 0.1) is 6.92 Å². The van der Waals surface area contributed by atoms with Crippen LogP contribution in [-0.2, 0) is 6.54 Å². The molecule has 20 heavy (non-hydrogen) atoms. The van der Waals surface area contributed by atoms with Crippen molar-refractivity contribution in [3.05, 3.63) is 59.2 Å². The second kappa shape index (κ2) is 6.10. The molecule has 0 saturated carbocycles. The first-order valence-electron chi connectivity index (χ1n) is 6.38. The van der Waals surface area contributed by atoms with Gasteiger partial charge in [-0.05, 0) is 42.3 Å². The Morgan fingerprint density at radius 2 is 2.00 bits per heavy atom. The number of amides is 1. The van der Waals surface area contributed by atoms with E-state index in [9.17, 15) is 4.79 Å². The molecule has 4 heteroatoms. The maximum absolute atomic E-state index is 12.1. The van der Waals surface area contributed by atoms with E-state index in [-0.39, 0.29) is 5.91 Å². The van der Waals surface area contributed by atoms with Gasteiger partial charge in [-0.2, -0.15) is 0 Å². The molecule has 0 heterocycles. The summed E-state index contributed by atoms with van der Waals surface area (Å²) >= 11 is 0. The zero-order valence-corrected chi connectivity index (χ0v) is 11.6. The van der Waals surface area contributed by atoms with Crippen LogP contribution in [0.4, 0.5) is 5.69 Å². The third kappa shape index (κ3) is 3.09. The highest BCUT2D eigenvalue weighted by Crippen LogP contribution is 2.16. The van der Waals surface area contributed by atoms with Gasteiger partial charge in [0.1, 0.15) is 5.75 Å². The first kappa shape index (κ1) is 13.9. The van der Waals surface area contributed by atoms with Crippen molar-refractivity contribution in [3.63, 3.8) is 0 Å². The fourth-order valence-corrected chi connectivity index (χ4v) is 1.94. The number of nitrogens with two attached hydrogens (primary N) is 1. The molecule has 0 saturated heterocycles. The monoisotopic (exact) mass is 270 g/mol. The smallest absolute Gasteiger partial charge is 0.251 e. The summed E-state index contributed by atoms with van der Waals surface area (Å²) in [6.45, 7) is 2.40. The number of hydrogen-bond acceptors (Lipinski definition) is 3. The number of ether oxygens (including phenoxy) is 1. The van der Waals surface area contributed by atoms with Crippen LogP contribution in [0.25, 0.3) is 0 Å². The van der Waals surface area contributed by atoms with Gasteiger partial charge in [0.05, 0.1) is 7.11 Å². The molecular weight excluding hydrogens is 252 g/mol. The zero-order chi connectivity index (χ0) is 14.5. The Hall–Kier alpha value is -2.49. The van der Waals surface area contributed by atoms with Crippen molar-refractivity contribution < 1.29 is 9.53 Å². The molecule has 1 amide bonds. The van der Waals surface area contributed by atoms with E-state index in [0.29, 0.717) is 17.9 Å². The number of nitrogens with one attached hydrogen (secondary N) is 1. The minimum absolute atomic E-state index is 0.134. The standard InChI is InChI=1S/C16H18N2O2/c1-11-13(6-4-8-15(11)17)10-18-16(19)12-5-3-7-14(9-12)20-2/h3-9H,10,17H2,1-2H3,(H,18,19). The van der Waals surface area contributed by atoms with Crippen LogP contribution in [0.15, 0.2) is 42.5 Å². The minimum Gasteiger partial charge on any atom is -0.497 e. The summed E-state index contributed by atoms with van der Waals surface area (Å²) in [5.74, 6) is 0.531. The number of nitrogen functional groups attached to an aromatic ring is 1. The van der Waals surface area contributed by atoms with Crippen LogP contribution in [0.5, 0.6) is 5.75 Å². The molecule has 0 bridgehead atoms. The van der Waals surface area contributed by atoms with Crippen molar-refractivity contribution >= 4 is 11.6 Å². The topological polar surface area (TPSA) is 64.3 Å². The van der Waals surface area contributed by atoms with Gasteiger partial charge in [0.25, 0.3) is 5.91 Å². The van der Waals surface area contributed by atoms with Crippen LogP contribution >= 0.6 is 0 Å². The maximum atomic E-state index is 12.1. The van der Waals surface area contributed by atoms with Gasteiger partial charge in [-0.1, -0.05) is 18.2 Å². The summed E-state index contributed by atoms with van der Waals surface area (Å²) in [4.78, 5) is 12.1. The van der Waals surface area contributed by atoms with Gasteiger partial charge >= 0.3 is 0 Å². The van der Waals surface area contributed by atoms with Crippen molar-refractivity contribution in [2.24, 2.45) is 0 Å². The zero-order valence-electron chi connectivity index (χ0n) is 11.6. The number of carbonyl (C=O) groups excluding carboxylic acids is 1. The van der Waals surface area contributed by atoms with E-state index in [2.05, 4.69) is 5.32 Å². The Morgan fingerprint density at radius 3 is 2.75 bits per heavy atom. The predicted molar refractivity (Wildman–Crippen MR) is 79.8 cm³/mol. The number of rotatable bonds is 4. The van der Waals surface area contributed by atoms with Crippen LogP contribution < -0.4 is 15.8 Å². The van der Waals surface area contributed by atoms with Crippen molar-refractivity contribution in [3.8, 4) is 5.75 Å². The second-order valence-corrected chi connectivity index (χ2v) is 4.55. The lowest BCUT2D eigenvalue weighted by molar-refractivity contribution is 0.0950. The summed E-state index contributed by atoms with van der Waals surface area (Å²) in [7, 11) is 1.58. The van der Waals surface area contributed by atoms with Gasteiger partial charge in [-0.15, -0.1) is 0 Å². The van der Waals surface area contributed by atoms with Gasteiger partial charge in [0.15, 0.2) is 0 Å². The summed E-state index contributed by atoms with van der Waals surface area (Å²) in [5, 5.41) is 2.88. The van der Waals surface area contributed by atoms with Crippen LogP contribution in [0.1, 0.15) is 21.5 Å². The third-order valence-corrected chi connectivity index (χ3v) is 3.26. The highest BCUT2D eigenvalue weighted by Gasteiger charge is 2.07. The molecule has 0 radical (unpaired) electrons. The molecule has 0 atom stereocenters. The molecule has 0 fully saturated rings. The lowest BCUT2D eigenvalue weighted by atomic mass is 10.1. The number of anilines is 1. The Labute approximate surface area is 118 Å². The van der Waals surface area contributed by atoms with E-state index < -0.39 is 0 Å². The van der Waals surface area contributed by atoms with Crippen LogP contribution in [-0.4, -0.2) is 13.0 Å². The van der Waals surface area contributed by atoms with E-state index >= 15 is 0 Å². The summed E-state index contributed by atoms with van der Waals surface area (Å²) in [6, 6.07) is 12.7. The number of benzene rings is 2. The van der Waals surface area contributed by atoms with Crippen molar-refractivity contribution in [2.75, 3.05) is 12.8 Å². The fourth-order valence-electron chi connectivity index (χ4n) is 1.94. The molecule has 0 unspecified atom stereocenters. The molecule has 4 nitrogen and oxygen atoms in total. The SMILES string of the molecule is COc1cccc(C(=O)NCc2cccc(N)c2C)c1. The van der Waals surface area contributed by atoms with E-state index in [1.807, 2.05) is 25.1 Å². The number of methoxy groups -OCH3 is 1. The first-order chi connectivity index (χ1) is 9.61. The molecule has 2 aromatic carbocycles. The second-order valence-electron chi connectivity index (χ2n) is 4.55. The van der Waals surface area contributed by atoms with Crippen LogP contribution in [0.3, 0.4) is 0 Å². The molecule has 0 aromatic heterocycles. The Kier molecular flexibility index (Phi) is 4.25. The summed E-state index contributed by atoms with van der Waals surface area (Å²) in [5.41, 5.74) is 9.17. The number of carbonyl (C=O) groups is 1. The molecule has 2 rings (SSSR count). The molecule has 0 aliphatic carbocycles. The predicted octanol–water partition coefficient (Wildman–Crippen LogP) is 2.52. The van der Waals surface area contributed by atoms with Gasteiger partial charge < -0.3 is 15.8 Å². The highest BCUT2D eigenvalue weighted by atomic mass is 16.5. The molecule has 3 N–H and O–H groups in total. The van der Waals surface area contributed by atoms with E-state index in [1.165, 1.54) is 0 Å². The highest BCUT2D eigenvalue weighted by molar-refractivity contribution is 5.94. The van der Waals surface area contributed by atoms with Crippen molar-refractivity contribution in [1.82, 2.24) is 5.32 Å². The Bertz CT molecular complexity index is 624. The van der Waals surface area contributed by atoms with Gasteiger partial charge in [0.2, 0.25) is 0 Å². The van der Waals surface area contributed by atoms with E-state index in [0.717, 1.165) is 16.8 Å². The van der Waals surface area contributed by atoms with E-state index in [4.69, 9.17) is 10.5 Å². The summed E-state index contributed by atoms with van der Waals surface area (Å²) in [6.07, 6.45) is 0. The van der Waals surface area contributed by atoms with Crippen LogP contribution in [0.2, 0.25) is 0 Å². The average Bonchev–Trinajstić information content (AvgIpc) is 2.48. The van der Waals surface area contributed by atoms with Gasteiger partial charge in [0, 0.05) is 17.8 Å². The third-order valence-electron chi connectivity index (χ3n) is 3.26. The minimum atomic E-state index is -0.134. The quantitative estimate of drug-likeness (QED) is 0.839. The molecular formula is C16H18N2O2. The van der Waals surface area contributed by atoms with Crippen molar-refractivity contribution in [1.29, 1.82) is 0 Å². The Morgan fingerprint density at radius 1 is 1.25 bits per heavy atom. The van der Waals surface area contributed by atoms with Crippen molar-refractivity contribution in [2.45, 2.75) is 13.5 Å². The number of hydrogen-bond donors (Lipinski definition) is 2. The van der Waals surface area contributed by atoms with E-state index in [1.54, 1.807) is 31.4 Å². The summed E-state index contributed by atoms with van der Waals surface area (Å²) < 4.78 is 5.11. The molecule has 0 aliphatic heterocycles. The normalized spacial score (nSPS) is 10.1. The first-order valence-corrected chi connectivity index (χ1v) is 6.38. The molecule has 0 spiro atoms.